The van der Waals surface area contributed by atoms with E-state index in [-0.39, 0.29) is 12.4 Å². The molecule has 0 fully saturated rings. The van der Waals surface area contributed by atoms with Gasteiger partial charge in [-0.3, -0.25) is 0 Å². The Morgan fingerprint density at radius 2 is 2.17 bits per heavy atom. The first kappa shape index (κ1) is 15.2. The molecule has 1 heterocycles. The Balaban J connectivity index is 0.00000162. The summed E-state index contributed by atoms with van der Waals surface area (Å²) >= 11 is 0. The maximum absolute atomic E-state index is 11.9. The summed E-state index contributed by atoms with van der Waals surface area (Å²) in [7, 11) is -3.42. The van der Waals surface area contributed by atoms with Gasteiger partial charge in [-0.05, 0) is 36.7 Å². The van der Waals surface area contributed by atoms with Crippen LogP contribution in [0.2, 0.25) is 0 Å². The Morgan fingerprint density at radius 3 is 2.89 bits per heavy atom. The molecule has 0 aromatic heterocycles. The van der Waals surface area contributed by atoms with Crippen LogP contribution in [0.4, 0.5) is 0 Å². The van der Waals surface area contributed by atoms with Crippen molar-refractivity contribution in [3.8, 4) is 5.75 Å². The molecule has 1 aliphatic rings. The highest BCUT2D eigenvalue weighted by Gasteiger charge is 2.18. The average Bonchev–Trinajstić information content (AvgIpc) is 2.76. The number of rotatable bonds is 5. The molecule has 5 nitrogen and oxygen atoms in total. The van der Waals surface area contributed by atoms with Gasteiger partial charge in [0.25, 0.3) is 0 Å². The number of hydrogen-bond acceptors (Lipinski definition) is 4. The van der Waals surface area contributed by atoms with Crippen molar-refractivity contribution in [2.45, 2.75) is 17.7 Å². The van der Waals surface area contributed by atoms with Crippen LogP contribution in [0, 0.1) is 0 Å². The minimum atomic E-state index is -3.42. The van der Waals surface area contributed by atoms with E-state index in [0.717, 1.165) is 17.7 Å². The van der Waals surface area contributed by atoms with Crippen molar-refractivity contribution >= 4 is 22.4 Å². The Labute approximate surface area is 113 Å². The fourth-order valence-electron chi connectivity index (χ4n) is 1.72. The number of sulfonamides is 1. The number of benzene rings is 1. The monoisotopic (exact) mass is 292 g/mol. The van der Waals surface area contributed by atoms with Gasteiger partial charge in [-0.2, -0.15) is 0 Å². The van der Waals surface area contributed by atoms with Crippen molar-refractivity contribution in [1.29, 1.82) is 0 Å². The van der Waals surface area contributed by atoms with Crippen LogP contribution in [0.1, 0.15) is 12.0 Å². The van der Waals surface area contributed by atoms with Gasteiger partial charge in [0.05, 0.1) is 11.5 Å². The summed E-state index contributed by atoms with van der Waals surface area (Å²) in [6.07, 6.45) is 1.40. The summed E-state index contributed by atoms with van der Waals surface area (Å²) in [5.41, 5.74) is 6.27. The Morgan fingerprint density at radius 1 is 1.39 bits per heavy atom. The predicted molar refractivity (Wildman–Crippen MR) is 71.7 cm³/mol. The Hall–Kier alpha value is -0.820. The van der Waals surface area contributed by atoms with E-state index in [1.807, 2.05) is 0 Å². The molecule has 3 N–H and O–H groups in total. The third-order valence-corrected chi connectivity index (χ3v) is 4.10. The molecule has 7 heteroatoms. The van der Waals surface area contributed by atoms with Gasteiger partial charge in [0.1, 0.15) is 5.75 Å². The van der Waals surface area contributed by atoms with Gasteiger partial charge in [-0.15, -0.1) is 12.4 Å². The van der Waals surface area contributed by atoms with Crippen LogP contribution in [0.3, 0.4) is 0 Å². The Kier molecular flexibility index (Phi) is 5.40. The normalized spacial score (nSPS) is 13.6. The second-order valence-electron chi connectivity index (χ2n) is 3.91. The lowest BCUT2D eigenvalue weighted by Gasteiger charge is -2.07. The summed E-state index contributed by atoms with van der Waals surface area (Å²) in [6, 6.07) is 4.95. The maximum Gasteiger partial charge on any atom is 0.240 e. The number of ether oxygens (including phenoxy) is 1. The quantitative estimate of drug-likeness (QED) is 0.782. The lowest BCUT2D eigenvalue weighted by Crippen LogP contribution is -2.26. The third-order valence-electron chi connectivity index (χ3n) is 2.64. The molecular weight excluding hydrogens is 276 g/mol. The first-order chi connectivity index (χ1) is 8.13. The molecule has 2 rings (SSSR count). The van der Waals surface area contributed by atoms with E-state index >= 15 is 0 Å². The van der Waals surface area contributed by atoms with Crippen molar-refractivity contribution in [3.05, 3.63) is 23.8 Å². The van der Waals surface area contributed by atoms with Gasteiger partial charge < -0.3 is 10.5 Å². The summed E-state index contributed by atoms with van der Waals surface area (Å²) in [4.78, 5) is 0.291. The van der Waals surface area contributed by atoms with E-state index in [2.05, 4.69) is 4.72 Å². The first-order valence-electron chi connectivity index (χ1n) is 5.59. The van der Waals surface area contributed by atoms with E-state index in [4.69, 9.17) is 10.5 Å². The van der Waals surface area contributed by atoms with E-state index in [9.17, 15) is 8.42 Å². The smallest absolute Gasteiger partial charge is 0.240 e. The number of fused-ring (bicyclic) bond motifs is 1. The molecule has 1 aromatic rings. The number of halogens is 1. The minimum absolute atomic E-state index is 0. The van der Waals surface area contributed by atoms with Gasteiger partial charge in [-0.25, -0.2) is 13.1 Å². The van der Waals surface area contributed by atoms with Crippen LogP contribution in [0.5, 0.6) is 5.75 Å². The zero-order valence-corrected chi connectivity index (χ0v) is 11.5. The number of nitrogens with one attached hydrogen (secondary N) is 1. The van der Waals surface area contributed by atoms with Crippen molar-refractivity contribution in [1.82, 2.24) is 4.72 Å². The molecule has 0 bridgehead atoms. The summed E-state index contributed by atoms with van der Waals surface area (Å²) in [6.45, 7) is 1.46. The van der Waals surface area contributed by atoms with Gasteiger partial charge in [0.2, 0.25) is 10.0 Å². The third kappa shape index (κ3) is 3.35. The highest BCUT2D eigenvalue weighted by atomic mass is 35.5. The van der Waals surface area contributed by atoms with E-state index in [1.165, 1.54) is 0 Å². The lowest BCUT2D eigenvalue weighted by atomic mass is 10.2. The molecular formula is C11H17ClN2O3S. The van der Waals surface area contributed by atoms with Gasteiger partial charge in [0.15, 0.2) is 0 Å². The molecule has 1 aliphatic heterocycles. The summed E-state index contributed by atoms with van der Waals surface area (Å²) < 4.78 is 31.7. The van der Waals surface area contributed by atoms with Crippen molar-refractivity contribution in [3.63, 3.8) is 0 Å². The largest absolute Gasteiger partial charge is 0.493 e. The van der Waals surface area contributed by atoms with Crippen LogP contribution < -0.4 is 15.2 Å². The molecule has 0 radical (unpaired) electrons. The lowest BCUT2D eigenvalue weighted by molar-refractivity contribution is 0.356. The van der Waals surface area contributed by atoms with Crippen LogP contribution >= 0.6 is 12.4 Å². The maximum atomic E-state index is 11.9. The highest BCUT2D eigenvalue weighted by Crippen LogP contribution is 2.27. The predicted octanol–water partition coefficient (Wildman–Crippen LogP) is 0.670. The molecule has 0 unspecified atom stereocenters. The zero-order valence-electron chi connectivity index (χ0n) is 9.89. The molecule has 0 saturated heterocycles. The molecule has 0 saturated carbocycles. The molecule has 0 amide bonds. The second kappa shape index (κ2) is 6.38. The van der Waals surface area contributed by atoms with Crippen molar-refractivity contribution in [2.75, 3.05) is 19.7 Å². The van der Waals surface area contributed by atoms with Crippen molar-refractivity contribution < 1.29 is 13.2 Å². The van der Waals surface area contributed by atoms with Gasteiger partial charge >= 0.3 is 0 Å². The van der Waals surface area contributed by atoms with Crippen LogP contribution in [0.15, 0.2) is 23.1 Å². The average molecular weight is 293 g/mol. The van der Waals surface area contributed by atoms with Crippen LogP contribution in [-0.2, 0) is 16.4 Å². The first-order valence-corrected chi connectivity index (χ1v) is 7.07. The van der Waals surface area contributed by atoms with Crippen molar-refractivity contribution in [2.24, 2.45) is 5.73 Å². The standard InChI is InChI=1S/C11H16N2O3S.ClH/c12-5-1-6-13-17(14,15)10-2-3-11-9(8-10)4-7-16-11;/h2-3,8,13H,1,4-7,12H2;1H. The molecule has 102 valence electrons. The molecule has 18 heavy (non-hydrogen) atoms. The zero-order chi connectivity index (χ0) is 12.3. The fourth-order valence-corrected chi connectivity index (χ4v) is 2.85. The molecule has 1 aromatic carbocycles. The summed E-state index contributed by atoms with van der Waals surface area (Å²) in [5, 5.41) is 0. The fraction of sp³-hybridized carbons (Fsp3) is 0.455. The van der Waals surface area contributed by atoms with E-state index in [1.54, 1.807) is 18.2 Å². The van der Waals surface area contributed by atoms with Crippen LogP contribution in [0.25, 0.3) is 0 Å². The second-order valence-corrected chi connectivity index (χ2v) is 5.67. The van der Waals surface area contributed by atoms with E-state index < -0.39 is 10.0 Å². The van der Waals surface area contributed by atoms with Gasteiger partial charge in [-0.1, -0.05) is 0 Å². The van der Waals surface area contributed by atoms with Crippen LogP contribution in [-0.4, -0.2) is 28.1 Å². The topological polar surface area (TPSA) is 81.4 Å². The minimum Gasteiger partial charge on any atom is -0.493 e. The SMILES string of the molecule is Cl.NCCCNS(=O)(=O)c1ccc2c(c1)CCO2. The number of hydrogen-bond donors (Lipinski definition) is 2. The summed E-state index contributed by atoms with van der Waals surface area (Å²) in [5.74, 6) is 0.783. The molecule has 0 atom stereocenters. The Bertz CT molecular complexity index is 505. The number of nitrogens with two attached hydrogens (primary N) is 1. The van der Waals surface area contributed by atoms with E-state index in [0.29, 0.717) is 31.0 Å². The van der Waals surface area contributed by atoms with Gasteiger partial charge in [0, 0.05) is 13.0 Å². The molecule has 0 spiro atoms. The molecule has 0 aliphatic carbocycles. The highest BCUT2D eigenvalue weighted by molar-refractivity contribution is 7.89.